The number of hydrogen-bond acceptors (Lipinski definition) is 9. The molecule has 1 aromatic rings. The Hall–Kier alpha value is -2.82. The molecule has 2 aliphatic heterocycles. The van der Waals surface area contributed by atoms with Gasteiger partial charge in [-0.15, -0.1) is 0 Å². The van der Waals surface area contributed by atoms with Gasteiger partial charge in [-0.25, -0.2) is 4.79 Å². The Kier molecular flexibility index (Phi) is 8.04. The maximum atomic E-state index is 13.6. The van der Waals surface area contributed by atoms with Crippen LogP contribution in [0.3, 0.4) is 0 Å². The van der Waals surface area contributed by atoms with Crippen LogP contribution in [-0.2, 0) is 28.5 Å². The molecule has 2 N–H and O–H groups in total. The second kappa shape index (κ2) is 11.0. The summed E-state index contributed by atoms with van der Waals surface area (Å²) in [5, 5.41) is 24.0. The van der Waals surface area contributed by atoms with Crippen LogP contribution >= 0.6 is 0 Å². The van der Waals surface area contributed by atoms with E-state index < -0.39 is 71.2 Å². The molecule has 2 saturated heterocycles. The monoisotopic (exact) mass is 582 g/mol. The van der Waals surface area contributed by atoms with Crippen molar-refractivity contribution >= 4 is 11.9 Å². The van der Waals surface area contributed by atoms with E-state index in [4.69, 9.17) is 23.7 Å². The van der Waals surface area contributed by atoms with E-state index in [2.05, 4.69) is 6.58 Å². The van der Waals surface area contributed by atoms with Gasteiger partial charge in [0.15, 0.2) is 12.4 Å². The average Bonchev–Trinajstić information content (AvgIpc) is 3.37. The van der Waals surface area contributed by atoms with Crippen LogP contribution in [0, 0.1) is 16.7 Å². The first-order valence-electron chi connectivity index (χ1n) is 14.5. The van der Waals surface area contributed by atoms with E-state index in [1.54, 1.807) is 30.3 Å². The first-order valence-corrected chi connectivity index (χ1v) is 14.5. The molecule has 0 radical (unpaired) electrons. The fourth-order valence-corrected chi connectivity index (χ4v) is 7.21. The zero-order chi connectivity index (χ0) is 30.6. The van der Waals surface area contributed by atoms with Crippen LogP contribution in [-0.4, -0.2) is 77.3 Å². The second-order valence-electron chi connectivity index (χ2n) is 12.7. The van der Waals surface area contributed by atoms with Crippen molar-refractivity contribution in [1.82, 2.24) is 0 Å². The highest BCUT2D eigenvalue weighted by molar-refractivity contribution is 5.89. The van der Waals surface area contributed by atoms with Crippen LogP contribution < -0.4 is 0 Å². The van der Waals surface area contributed by atoms with Crippen LogP contribution in [0.1, 0.15) is 58.3 Å². The van der Waals surface area contributed by atoms with Gasteiger partial charge in [0.1, 0.15) is 30.0 Å². The lowest BCUT2D eigenvalue weighted by molar-refractivity contribution is -0.204. The van der Waals surface area contributed by atoms with E-state index in [9.17, 15) is 19.8 Å². The lowest BCUT2D eigenvalue weighted by Gasteiger charge is -2.59. The zero-order valence-electron chi connectivity index (χ0n) is 25.1. The number of hydrogen-bond donors (Lipinski definition) is 2. The Bertz CT molecular complexity index is 1290. The number of rotatable bonds is 6. The summed E-state index contributed by atoms with van der Waals surface area (Å²) in [5.41, 5.74) is -1.79. The molecule has 10 atom stereocenters. The summed E-state index contributed by atoms with van der Waals surface area (Å²) in [7, 11) is 0. The highest BCUT2D eigenvalue weighted by Gasteiger charge is 2.67. The topological polar surface area (TPSA) is 121 Å². The Morgan fingerprint density at radius 1 is 1.12 bits per heavy atom. The minimum absolute atomic E-state index is 0.0321. The quantitative estimate of drug-likeness (QED) is 0.380. The Morgan fingerprint density at radius 2 is 1.81 bits per heavy atom. The fraction of sp³-hybridized carbons (Fsp3) is 0.576. The first-order chi connectivity index (χ1) is 19.7. The standard InChI is InChI=1S/C33H42O9/c1-8-25-40-27-26-18(2)22(35)16-33(37,31(26,5)6)28(42-30(36)21-12-10-9-11-13-21)19(3)32(7,29(27)41-25)15-14-23-24(17-38-23)39-20(4)34/h8-15,19,22-25,27-29,35,37H,1,16-17H2,2-7H3/b15-14-/t19-,22-,23+,24-,25+,27+,28-,29+,32+,33+/m0/s1. The maximum Gasteiger partial charge on any atom is 0.338 e. The number of benzene rings is 1. The smallest absolute Gasteiger partial charge is 0.338 e. The molecule has 0 spiro atoms. The maximum absolute atomic E-state index is 13.6. The first kappa shape index (κ1) is 30.6. The molecule has 3 fully saturated rings. The zero-order valence-corrected chi connectivity index (χ0v) is 25.1. The average molecular weight is 583 g/mol. The number of aliphatic hydroxyl groups excluding tert-OH is 1. The van der Waals surface area contributed by atoms with E-state index in [1.807, 2.05) is 52.8 Å². The Morgan fingerprint density at radius 3 is 2.40 bits per heavy atom. The second-order valence-corrected chi connectivity index (χ2v) is 12.7. The minimum Gasteiger partial charge on any atom is -0.457 e. The van der Waals surface area contributed by atoms with E-state index in [-0.39, 0.29) is 12.4 Å². The summed E-state index contributed by atoms with van der Waals surface area (Å²) in [6.45, 7) is 15.1. The van der Waals surface area contributed by atoms with E-state index in [0.29, 0.717) is 23.3 Å². The summed E-state index contributed by atoms with van der Waals surface area (Å²) in [6.07, 6.45) is 0.405. The molecular weight excluding hydrogens is 540 g/mol. The molecule has 0 amide bonds. The lowest BCUT2D eigenvalue weighted by Crippen LogP contribution is -2.68. The molecule has 0 aromatic heterocycles. The number of aliphatic hydroxyl groups is 2. The molecule has 1 aromatic carbocycles. The van der Waals surface area contributed by atoms with Crippen LogP contribution in [0.5, 0.6) is 0 Å². The third kappa shape index (κ3) is 4.85. The largest absolute Gasteiger partial charge is 0.457 e. The molecule has 0 unspecified atom stereocenters. The molecule has 9 nitrogen and oxygen atoms in total. The molecule has 4 aliphatic rings. The number of fused-ring (bicyclic) bond motifs is 4. The van der Waals surface area contributed by atoms with Crippen molar-refractivity contribution in [2.75, 3.05) is 6.61 Å². The van der Waals surface area contributed by atoms with Crippen molar-refractivity contribution < 1.29 is 43.5 Å². The van der Waals surface area contributed by atoms with Gasteiger partial charge in [-0.05, 0) is 36.3 Å². The molecule has 9 heteroatoms. The third-order valence-electron chi connectivity index (χ3n) is 10.0. The normalized spacial score (nSPS) is 40.9. The summed E-state index contributed by atoms with van der Waals surface area (Å²) >= 11 is 0. The minimum atomic E-state index is -1.67. The van der Waals surface area contributed by atoms with Gasteiger partial charge in [-0.3, -0.25) is 4.79 Å². The molecule has 2 bridgehead atoms. The van der Waals surface area contributed by atoms with Crippen molar-refractivity contribution in [3.8, 4) is 0 Å². The number of ether oxygens (including phenoxy) is 5. The summed E-state index contributed by atoms with van der Waals surface area (Å²) in [6, 6.07) is 8.64. The van der Waals surface area contributed by atoms with Gasteiger partial charge in [-0.2, -0.15) is 0 Å². The number of esters is 2. The van der Waals surface area contributed by atoms with Gasteiger partial charge in [0, 0.05) is 30.1 Å². The molecule has 42 heavy (non-hydrogen) atoms. The Balaban J connectivity index is 1.66. The van der Waals surface area contributed by atoms with E-state index in [0.717, 1.165) is 0 Å². The van der Waals surface area contributed by atoms with Crippen LogP contribution in [0.15, 0.2) is 66.3 Å². The van der Waals surface area contributed by atoms with Gasteiger partial charge in [0.2, 0.25) is 0 Å². The number of carbonyl (C=O) groups is 2. The summed E-state index contributed by atoms with van der Waals surface area (Å²) in [5.74, 6) is -1.52. The van der Waals surface area contributed by atoms with Crippen LogP contribution in [0.2, 0.25) is 0 Å². The van der Waals surface area contributed by atoms with Crippen molar-refractivity contribution in [3.63, 3.8) is 0 Å². The Labute approximate surface area is 247 Å². The number of carbonyl (C=O) groups excluding carboxylic acids is 2. The highest BCUT2D eigenvalue weighted by atomic mass is 16.7. The van der Waals surface area contributed by atoms with Crippen molar-refractivity contribution in [2.24, 2.45) is 16.7 Å². The van der Waals surface area contributed by atoms with Gasteiger partial charge in [0.05, 0.1) is 18.3 Å². The predicted octanol–water partition coefficient (Wildman–Crippen LogP) is 3.89. The fourth-order valence-electron chi connectivity index (χ4n) is 7.21. The molecule has 2 heterocycles. The van der Waals surface area contributed by atoms with Gasteiger partial charge in [0.25, 0.3) is 0 Å². The molecular formula is C33H42O9. The molecule has 2 aliphatic carbocycles. The highest BCUT2D eigenvalue weighted by Crippen LogP contribution is 2.60. The predicted molar refractivity (Wildman–Crippen MR) is 153 cm³/mol. The lowest BCUT2D eigenvalue weighted by atomic mass is 9.51. The molecule has 228 valence electrons. The van der Waals surface area contributed by atoms with Crippen molar-refractivity contribution in [3.05, 3.63) is 71.8 Å². The third-order valence-corrected chi connectivity index (χ3v) is 10.0. The summed E-state index contributed by atoms with van der Waals surface area (Å²) in [4.78, 5) is 25.2. The van der Waals surface area contributed by atoms with Crippen molar-refractivity contribution in [1.29, 1.82) is 0 Å². The molecule has 5 rings (SSSR count). The molecule has 1 saturated carbocycles. The van der Waals surface area contributed by atoms with Gasteiger partial charge >= 0.3 is 11.9 Å². The van der Waals surface area contributed by atoms with Crippen LogP contribution in [0.4, 0.5) is 0 Å². The van der Waals surface area contributed by atoms with Gasteiger partial charge < -0.3 is 33.9 Å². The van der Waals surface area contributed by atoms with Gasteiger partial charge in [-0.1, -0.05) is 64.6 Å². The summed E-state index contributed by atoms with van der Waals surface area (Å²) < 4.78 is 30.3. The van der Waals surface area contributed by atoms with E-state index in [1.165, 1.54) is 6.92 Å². The SMILES string of the molecule is C=C[C@@H]1O[C@@H]2C3=C(C)[C@@H](O)C[C@@](O)([C@@H](OC(=O)c4ccccc4)[C@H](C)[C@@](C)(/C=C\[C@H]4OC[C@@H]4OC(C)=O)[C@@H]2O1)C3(C)C. The van der Waals surface area contributed by atoms with Crippen molar-refractivity contribution in [2.45, 2.75) is 96.5 Å². The van der Waals surface area contributed by atoms with E-state index >= 15 is 0 Å². The van der Waals surface area contributed by atoms with Crippen LogP contribution in [0.25, 0.3) is 0 Å².